The molecule has 2 N–H and O–H groups in total. The Labute approximate surface area is 418 Å². The van der Waals surface area contributed by atoms with Crippen LogP contribution in [0.5, 0.6) is 0 Å². The molecule has 1 aliphatic carbocycles. The number of aryl methyl sites for hydroxylation is 2. The predicted octanol–water partition coefficient (Wildman–Crippen LogP) is 3.30. The molecule has 0 aliphatic heterocycles. The molecule has 20 heteroatoms. The highest BCUT2D eigenvalue weighted by Gasteiger charge is 2.30. The Bertz CT molecular complexity index is 3750. The van der Waals surface area contributed by atoms with Gasteiger partial charge in [-0.1, -0.05) is 29.0 Å². The Kier molecular flexibility index (Phi) is 13.7. The lowest BCUT2D eigenvalue weighted by molar-refractivity contribution is 0.571. The molecule has 9 unspecified atom stereocenters. The average molecular weight is 1070 g/mol. The highest BCUT2D eigenvalue weighted by Crippen LogP contribution is 2.41. The monoisotopic (exact) mass is 1070 g/mol. The number of hydrogen-bond donors (Lipinski definition) is 3. The molecule has 0 saturated heterocycles. The normalized spacial score (nSPS) is 12.1. The molecule has 0 amide bonds. The fourth-order valence-electron chi connectivity index (χ4n) is 9.62. The second-order valence-electron chi connectivity index (χ2n) is 17.4. The first kappa shape index (κ1) is 49.8. The molecule has 0 fully saturated rings. The number of benzene rings is 4. The first-order valence-electron chi connectivity index (χ1n) is 21.2. The quantitative estimate of drug-likeness (QED) is 0.145. The Balaban J connectivity index is 1.63. The third-order valence-corrected chi connectivity index (χ3v) is 21.3. The van der Waals surface area contributed by atoms with Crippen molar-refractivity contribution < 1.29 is 13.2 Å². The number of furan rings is 1. The van der Waals surface area contributed by atoms with Crippen molar-refractivity contribution in [2.75, 3.05) is 0 Å². The van der Waals surface area contributed by atoms with Crippen molar-refractivity contribution in [2.24, 2.45) is 0 Å². The maximum atomic E-state index is 16.6. The van der Waals surface area contributed by atoms with Crippen molar-refractivity contribution in [3.05, 3.63) is 82.3 Å². The van der Waals surface area contributed by atoms with Crippen LogP contribution in [0.25, 0.3) is 83.1 Å². The highest BCUT2D eigenvalue weighted by molar-refractivity contribution is 7.80. The van der Waals surface area contributed by atoms with Crippen molar-refractivity contribution >= 4 is 233 Å². The summed E-state index contributed by atoms with van der Waals surface area (Å²) in [6, 6.07) is 9.98. The van der Waals surface area contributed by atoms with Gasteiger partial charge in [0.25, 0.3) is 0 Å². The smallest absolute Gasteiger partial charge is 0.229 e. The van der Waals surface area contributed by atoms with Crippen LogP contribution in [-0.2, 0) is 6.42 Å². The maximum absolute atomic E-state index is 16.6. The number of allylic oxidation sites excluding steroid dienone is 1. The van der Waals surface area contributed by atoms with E-state index in [0.29, 0.717) is 77.6 Å². The number of aromatic nitrogens is 4. The van der Waals surface area contributed by atoms with Gasteiger partial charge in [0.2, 0.25) is 5.71 Å². The van der Waals surface area contributed by atoms with Crippen LogP contribution in [0.4, 0.5) is 8.78 Å². The van der Waals surface area contributed by atoms with Gasteiger partial charge in [0.05, 0.1) is 22.3 Å². The molecule has 4 bridgehead atoms. The molecule has 336 valence electrons. The SMILES string of the molecule is Bc1cc(C)c(F)c(P)c1-c1c(C(=C)C)nc(C)c(-c2c(P)c(P)c(P)c(P)c2P)c2ccc([nH]2)c2c(nc3oc4c(F)c(C)c(S)c(B)c4c3c3ccc1[nH]3)Cc1c(P)c(B)c(P)c(P)c1-2. The first-order chi connectivity index (χ1) is 31.6. The Hall–Kier alpha value is -2.19. The van der Waals surface area contributed by atoms with Crippen molar-refractivity contribution in [3.8, 4) is 33.4 Å². The summed E-state index contributed by atoms with van der Waals surface area (Å²) in [5.41, 5.74) is 15.9. The van der Waals surface area contributed by atoms with Crippen LogP contribution in [0, 0.1) is 32.4 Å². The van der Waals surface area contributed by atoms with E-state index in [-0.39, 0.29) is 17.1 Å². The molecule has 4 heterocycles. The maximum Gasteiger partial charge on any atom is 0.229 e. The summed E-state index contributed by atoms with van der Waals surface area (Å²) in [6.45, 7) is 11.9. The van der Waals surface area contributed by atoms with E-state index in [1.165, 1.54) is 0 Å². The molecule has 67 heavy (non-hydrogen) atoms. The number of rotatable bonds is 3. The molecule has 5 nitrogen and oxygen atoms in total. The van der Waals surface area contributed by atoms with Gasteiger partial charge in [-0.15, -0.1) is 95.8 Å². The summed E-state index contributed by atoms with van der Waals surface area (Å²) in [6.07, 6.45) is 0.491. The van der Waals surface area contributed by atoms with Gasteiger partial charge in [0, 0.05) is 72.1 Å². The fraction of sp³-hybridized carbons (Fsp3) is 0.106. The summed E-state index contributed by atoms with van der Waals surface area (Å²) in [7, 11) is 32.3. The van der Waals surface area contributed by atoms with Gasteiger partial charge in [-0.2, -0.15) is 0 Å². The molecule has 4 aromatic carbocycles. The molecular weight excluding hydrogens is 1020 g/mol. The summed E-state index contributed by atoms with van der Waals surface area (Å²) >= 11 is 4.83. The molecular formula is C47H48B3F2N4OP9S. The van der Waals surface area contributed by atoms with Gasteiger partial charge in [-0.05, 0) is 122 Å². The Morgan fingerprint density at radius 2 is 1.19 bits per heavy atom. The molecule has 0 saturated carbocycles. The summed E-state index contributed by atoms with van der Waals surface area (Å²) in [5, 5.41) is 9.87. The van der Waals surface area contributed by atoms with Gasteiger partial charge in [0.1, 0.15) is 29.4 Å². The first-order valence-corrected chi connectivity index (χ1v) is 26.9. The van der Waals surface area contributed by atoms with Crippen LogP contribution >= 0.6 is 95.8 Å². The minimum Gasteiger partial charge on any atom is -0.435 e. The fourth-order valence-corrected chi connectivity index (χ4v) is 14.3. The van der Waals surface area contributed by atoms with E-state index < -0.39 is 5.82 Å². The topological polar surface area (TPSA) is 70.5 Å². The molecule has 4 aromatic heterocycles. The van der Waals surface area contributed by atoms with Gasteiger partial charge in [-0.3, -0.25) is 4.98 Å². The largest absolute Gasteiger partial charge is 0.435 e. The second kappa shape index (κ2) is 18.5. The lowest BCUT2D eigenvalue weighted by Crippen LogP contribution is -2.41. The number of H-pyrrole nitrogens is 2. The van der Waals surface area contributed by atoms with Crippen molar-refractivity contribution in [1.82, 2.24) is 19.9 Å². The van der Waals surface area contributed by atoms with E-state index in [4.69, 9.17) is 27.0 Å². The Morgan fingerprint density at radius 3 is 1.82 bits per heavy atom. The van der Waals surface area contributed by atoms with E-state index in [2.05, 4.69) is 120 Å². The minimum atomic E-state index is -0.498. The van der Waals surface area contributed by atoms with Gasteiger partial charge >= 0.3 is 0 Å². The van der Waals surface area contributed by atoms with Crippen LogP contribution in [0.1, 0.15) is 40.7 Å². The molecule has 0 radical (unpaired) electrons. The molecule has 9 atom stereocenters. The number of hydrogen-bond acceptors (Lipinski definition) is 4. The highest BCUT2D eigenvalue weighted by atomic mass is 32.1. The zero-order valence-electron chi connectivity index (χ0n) is 38.0. The average Bonchev–Trinajstić information content (AvgIpc) is 4.11. The molecule has 9 rings (SSSR count). The van der Waals surface area contributed by atoms with Crippen molar-refractivity contribution in [3.63, 3.8) is 0 Å². The molecule has 1 aliphatic rings. The number of fused-ring (bicyclic) bond motifs is 12. The standard InChI is InChI=1S/C47H48B3F2N4OP9S/c1-12(2)35-27(25-17(48)10-13(3)33(51)38(25)59)20-8-9-21(55-20)28-29-31(49)46(67)14(4)34(52)36(29)57-47(28)56-22-11-16-24(39(60)42(63)32(50)37(16)58)26(22)19-7-6-18(54-19)23(15(5)53-35)30-40(61)43(64)45(66)44(65)41(30)62/h6-10,54-55,67H,1,11,48-50,58-66H2,2-5H3. The van der Waals surface area contributed by atoms with Crippen LogP contribution in [-0.4, -0.2) is 43.5 Å². The zero-order chi connectivity index (χ0) is 48.6. The molecule has 8 aromatic rings. The van der Waals surface area contributed by atoms with E-state index in [0.717, 1.165) is 103 Å². The van der Waals surface area contributed by atoms with Crippen LogP contribution in [0.3, 0.4) is 0 Å². The predicted molar refractivity (Wildman–Crippen MR) is 332 cm³/mol. The Morgan fingerprint density at radius 1 is 0.642 bits per heavy atom. The van der Waals surface area contributed by atoms with Crippen molar-refractivity contribution in [2.45, 2.75) is 39.0 Å². The third-order valence-electron chi connectivity index (χ3n) is 13.2. The summed E-state index contributed by atoms with van der Waals surface area (Å²) in [5.74, 6) is -0.830. The zero-order valence-corrected chi connectivity index (χ0v) is 49.3. The van der Waals surface area contributed by atoms with Gasteiger partial charge in [0.15, 0.2) is 11.4 Å². The van der Waals surface area contributed by atoms with E-state index in [1.54, 1.807) is 13.8 Å². The second-order valence-corrected chi connectivity index (χ2v) is 23.1. The lowest BCUT2D eigenvalue weighted by Gasteiger charge is -2.20. The number of halogens is 2. The third kappa shape index (κ3) is 7.89. The number of nitrogens with zero attached hydrogens (tertiary/aromatic N) is 2. The summed E-state index contributed by atoms with van der Waals surface area (Å²) in [4.78, 5) is 19.2. The van der Waals surface area contributed by atoms with Crippen molar-refractivity contribution in [1.29, 1.82) is 0 Å². The number of nitrogens with one attached hydrogen (secondary N) is 2. The van der Waals surface area contributed by atoms with Crippen LogP contribution < -0.4 is 64.1 Å². The lowest BCUT2D eigenvalue weighted by atomic mass is 9.84. The summed E-state index contributed by atoms with van der Waals surface area (Å²) < 4.78 is 39.6. The minimum absolute atomic E-state index is 0.0958. The number of thiol groups is 1. The number of aromatic amines is 2. The van der Waals surface area contributed by atoms with Gasteiger partial charge in [-0.25, -0.2) is 13.8 Å². The van der Waals surface area contributed by atoms with E-state index in [9.17, 15) is 0 Å². The van der Waals surface area contributed by atoms with E-state index >= 15 is 8.78 Å². The van der Waals surface area contributed by atoms with Crippen LogP contribution in [0.15, 0.2) is 46.2 Å². The van der Waals surface area contributed by atoms with Gasteiger partial charge < -0.3 is 14.4 Å². The van der Waals surface area contributed by atoms with Crippen LogP contribution in [0.2, 0.25) is 0 Å². The van der Waals surface area contributed by atoms with E-state index in [1.807, 2.05) is 47.7 Å². The molecule has 0 spiro atoms.